The summed E-state index contributed by atoms with van der Waals surface area (Å²) < 4.78 is 37.6. The molecule has 1 N–H and O–H groups in total. The van der Waals surface area contributed by atoms with Crippen molar-refractivity contribution in [1.82, 2.24) is 5.32 Å². The summed E-state index contributed by atoms with van der Waals surface area (Å²) in [5.41, 5.74) is 0.326. The maximum Gasteiger partial charge on any atom is 0.416 e. The number of benzene rings is 1. The fourth-order valence-electron chi connectivity index (χ4n) is 2.96. The van der Waals surface area contributed by atoms with Crippen LogP contribution in [0.15, 0.2) is 24.3 Å². The fraction of sp³-hybridized carbons (Fsp3) is 0.647. The number of nitrogens with one attached hydrogen (secondary N) is 1. The zero-order valence-electron chi connectivity index (χ0n) is 12.7. The molecule has 1 aliphatic carbocycles. The van der Waals surface area contributed by atoms with E-state index in [0.29, 0.717) is 5.92 Å². The highest BCUT2D eigenvalue weighted by atomic mass is 19.4. The van der Waals surface area contributed by atoms with Crippen LogP contribution < -0.4 is 5.32 Å². The number of hydrogen-bond acceptors (Lipinski definition) is 1. The molecule has 2 rings (SSSR count). The van der Waals surface area contributed by atoms with Crippen LogP contribution in [0.4, 0.5) is 13.2 Å². The van der Waals surface area contributed by atoms with Crippen LogP contribution >= 0.6 is 0 Å². The van der Waals surface area contributed by atoms with Gasteiger partial charge in [0.05, 0.1) is 5.56 Å². The molecule has 0 radical (unpaired) electrons. The first kappa shape index (κ1) is 16.3. The van der Waals surface area contributed by atoms with Crippen molar-refractivity contribution < 1.29 is 13.2 Å². The van der Waals surface area contributed by atoms with Crippen molar-refractivity contribution >= 4 is 0 Å². The molecule has 0 amide bonds. The summed E-state index contributed by atoms with van der Waals surface area (Å²) in [6.07, 6.45) is 0.845. The number of hydrogen-bond donors (Lipinski definition) is 1. The third kappa shape index (κ3) is 4.73. The van der Waals surface area contributed by atoms with Gasteiger partial charge in [-0.3, -0.25) is 0 Å². The first-order valence-corrected chi connectivity index (χ1v) is 7.77. The van der Waals surface area contributed by atoms with Crippen molar-refractivity contribution in [2.75, 3.05) is 6.54 Å². The van der Waals surface area contributed by atoms with Crippen LogP contribution in [0.25, 0.3) is 0 Å². The van der Waals surface area contributed by atoms with Gasteiger partial charge in [0, 0.05) is 6.04 Å². The Bertz CT molecular complexity index is 430. The van der Waals surface area contributed by atoms with Crippen molar-refractivity contribution in [2.24, 2.45) is 11.8 Å². The molecule has 1 atom stereocenters. The predicted molar refractivity (Wildman–Crippen MR) is 79.0 cm³/mol. The largest absolute Gasteiger partial charge is 0.416 e. The highest BCUT2D eigenvalue weighted by Gasteiger charge is 2.30. The first-order chi connectivity index (χ1) is 9.86. The van der Waals surface area contributed by atoms with Crippen LogP contribution in [0.1, 0.15) is 56.7 Å². The summed E-state index contributed by atoms with van der Waals surface area (Å²) in [5.74, 6) is 1.55. The van der Waals surface area contributed by atoms with Gasteiger partial charge in [0.25, 0.3) is 0 Å². The van der Waals surface area contributed by atoms with Gasteiger partial charge in [-0.2, -0.15) is 13.2 Å². The summed E-state index contributed by atoms with van der Waals surface area (Å²) >= 11 is 0. The smallest absolute Gasteiger partial charge is 0.310 e. The van der Waals surface area contributed by atoms with Gasteiger partial charge in [0.2, 0.25) is 0 Å². The lowest BCUT2D eigenvalue weighted by Crippen LogP contribution is -2.28. The zero-order chi connectivity index (χ0) is 15.5. The lowest BCUT2D eigenvalue weighted by Gasteiger charge is -2.27. The molecule has 1 aromatic rings. The minimum absolute atomic E-state index is 0.0895. The van der Waals surface area contributed by atoms with E-state index in [4.69, 9.17) is 0 Å². The van der Waals surface area contributed by atoms with Crippen molar-refractivity contribution in [3.05, 3.63) is 35.4 Å². The molecule has 1 fully saturated rings. The van der Waals surface area contributed by atoms with Gasteiger partial charge in [-0.25, -0.2) is 0 Å². The minimum Gasteiger partial charge on any atom is -0.310 e. The van der Waals surface area contributed by atoms with Crippen LogP contribution in [0.2, 0.25) is 0 Å². The average molecular weight is 299 g/mol. The second-order valence-corrected chi connectivity index (χ2v) is 6.38. The van der Waals surface area contributed by atoms with Gasteiger partial charge < -0.3 is 5.32 Å². The van der Waals surface area contributed by atoms with E-state index in [1.165, 1.54) is 25.7 Å². The maximum atomic E-state index is 12.5. The van der Waals surface area contributed by atoms with E-state index in [9.17, 15) is 13.2 Å². The average Bonchev–Trinajstić information content (AvgIpc) is 2.45. The molecule has 0 heterocycles. The van der Waals surface area contributed by atoms with Gasteiger partial charge in [0.1, 0.15) is 0 Å². The molecule has 1 unspecified atom stereocenters. The van der Waals surface area contributed by atoms with Gasteiger partial charge >= 0.3 is 6.18 Å². The Balaban J connectivity index is 1.84. The van der Waals surface area contributed by atoms with Crippen molar-refractivity contribution in [1.29, 1.82) is 0 Å². The van der Waals surface area contributed by atoms with E-state index in [0.717, 1.165) is 30.2 Å². The minimum atomic E-state index is -4.26. The van der Waals surface area contributed by atoms with E-state index in [2.05, 4.69) is 12.2 Å². The van der Waals surface area contributed by atoms with E-state index < -0.39 is 11.7 Å². The second kappa shape index (κ2) is 6.82. The van der Waals surface area contributed by atoms with Crippen LogP contribution in [-0.4, -0.2) is 6.54 Å². The van der Waals surface area contributed by atoms with Crippen LogP contribution in [0.3, 0.4) is 0 Å². The summed E-state index contributed by atoms with van der Waals surface area (Å²) in [7, 11) is 0. The Hall–Kier alpha value is -1.03. The SMILES string of the molecule is CC1CCC(CNC(C)c2ccc(C(F)(F)F)cc2)CC1. The normalized spacial score (nSPS) is 24.8. The number of alkyl halides is 3. The molecule has 1 aliphatic rings. The molecule has 1 nitrogen and oxygen atoms in total. The van der Waals surface area contributed by atoms with E-state index in [1.54, 1.807) is 12.1 Å². The quantitative estimate of drug-likeness (QED) is 0.807. The first-order valence-electron chi connectivity index (χ1n) is 7.77. The molecule has 118 valence electrons. The highest BCUT2D eigenvalue weighted by Crippen LogP contribution is 2.30. The predicted octanol–water partition coefficient (Wildman–Crippen LogP) is 5.18. The van der Waals surface area contributed by atoms with E-state index in [1.807, 2.05) is 6.92 Å². The summed E-state index contributed by atoms with van der Waals surface area (Å²) in [5, 5.41) is 3.46. The molecule has 4 heteroatoms. The Morgan fingerprint density at radius 1 is 1.10 bits per heavy atom. The Kier molecular flexibility index (Phi) is 5.31. The standard InChI is InChI=1S/C17H24F3N/c1-12-3-5-14(6-4-12)11-21-13(2)15-7-9-16(10-8-15)17(18,19)20/h7-10,12-14,21H,3-6,11H2,1-2H3. The molecule has 0 saturated heterocycles. The molecule has 0 aliphatic heterocycles. The molecule has 21 heavy (non-hydrogen) atoms. The number of rotatable bonds is 4. The Morgan fingerprint density at radius 2 is 1.67 bits per heavy atom. The highest BCUT2D eigenvalue weighted by molar-refractivity contribution is 5.26. The van der Waals surface area contributed by atoms with Gasteiger partial charge in [-0.1, -0.05) is 31.9 Å². The lowest BCUT2D eigenvalue weighted by atomic mass is 9.83. The third-order valence-electron chi connectivity index (χ3n) is 4.59. The van der Waals surface area contributed by atoms with Crippen LogP contribution in [0, 0.1) is 11.8 Å². The van der Waals surface area contributed by atoms with E-state index in [-0.39, 0.29) is 6.04 Å². The zero-order valence-corrected chi connectivity index (χ0v) is 12.7. The van der Waals surface area contributed by atoms with Crippen molar-refractivity contribution in [2.45, 2.75) is 51.7 Å². The topological polar surface area (TPSA) is 12.0 Å². The monoisotopic (exact) mass is 299 g/mol. The van der Waals surface area contributed by atoms with Gasteiger partial charge in [0.15, 0.2) is 0 Å². The molecular weight excluding hydrogens is 275 g/mol. The van der Waals surface area contributed by atoms with Crippen LogP contribution in [-0.2, 0) is 6.18 Å². The molecule has 1 saturated carbocycles. The molecule has 0 spiro atoms. The Morgan fingerprint density at radius 3 is 2.19 bits per heavy atom. The molecule has 0 aromatic heterocycles. The molecule has 1 aromatic carbocycles. The van der Waals surface area contributed by atoms with Crippen molar-refractivity contribution in [3.63, 3.8) is 0 Å². The lowest BCUT2D eigenvalue weighted by molar-refractivity contribution is -0.137. The van der Waals surface area contributed by atoms with Crippen molar-refractivity contribution in [3.8, 4) is 0 Å². The third-order valence-corrected chi connectivity index (χ3v) is 4.59. The van der Waals surface area contributed by atoms with Gasteiger partial charge in [-0.15, -0.1) is 0 Å². The molecular formula is C17H24F3N. The molecule has 0 bridgehead atoms. The van der Waals surface area contributed by atoms with Gasteiger partial charge in [-0.05, 0) is 55.8 Å². The fourth-order valence-corrected chi connectivity index (χ4v) is 2.96. The summed E-state index contributed by atoms with van der Waals surface area (Å²) in [6, 6.07) is 5.56. The Labute approximate surface area is 124 Å². The second-order valence-electron chi connectivity index (χ2n) is 6.38. The maximum absolute atomic E-state index is 12.5. The van der Waals surface area contributed by atoms with Crippen LogP contribution in [0.5, 0.6) is 0 Å². The van der Waals surface area contributed by atoms with E-state index >= 15 is 0 Å². The number of halogens is 3. The summed E-state index contributed by atoms with van der Waals surface area (Å²) in [6.45, 7) is 5.26. The summed E-state index contributed by atoms with van der Waals surface area (Å²) in [4.78, 5) is 0.